The first-order chi connectivity index (χ1) is 9.37. The summed E-state index contributed by atoms with van der Waals surface area (Å²) >= 11 is 0. The van der Waals surface area contributed by atoms with E-state index in [-0.39, 0.29) is 11.6 Å². The zero-order valence-corrected chi connectivity index (χ0v) is 14.2. The molecule has 0 aliphatic heterocycles. The molecule has 0 bridgehead atoms. The van der Waals surface area contributed by atoms with Crippen LogP contribution in [0.1, 0.15) is 86.0 Å². The molecule has 1 atom stereocenters. The van der Waals surface area contributed by atoms with Gasteiger partial charge >= 0.3 is 5.97 Å². The highest BCUT2D eigenvalue weighted by atomic mass is 16.6. The van der Waals surface area contributed by atoms with Crippen molar-refractivity contribution in [3.05, 3.63) is 0 Å². The van der Waals surface area contributed by atoms with Crippen molar-refractivity contribution in [2.75, 3.05) is 6.61 Å². The molecule has 0 saturated heterocycles. The van der Waals surface area contributed by atoms with Gasteiger partial charge < -0.3 is 9.47 Å². The molecule has 3 heteroatoms. The van der Waals surface area contributed by atoms with E-state index in [0.717, 1.165) is 12.8 Å². The molecule has 0 aromatic heterocycles. The van der Waals surface area contributed by atoms with Crippen LogP contribution in [0.25, 0.3) is 0 Å². The van der Waals surface area contributed by atoms with Gasteiger partial charge in [0.05, 0.1) is 12.2 Å². The maximum absolute atomic E-state index is 11.7. The molecule has 0 heterocycles. The molecule has 0 N–H and O–H groups in total. The summed E-state index contributed by atoms with van der Waals surface area (Å²) < 4.78 is 10.8. The Bertz CT molecular complexity index is 243. The van der Waals surface area contributed by atoms with Gasteiger partial charge in [-0.3, -0.25) is 0 Å². The van der Waals surface area contributed by atoms with Crippen LogP contribution in [0.2, 0.25) is 0 Å². The van der Waals surface area contributed by atoms with Crippen molar-refractivity contribution in [2.45, 2.75) is 97.7 Å². The Morgan fingerprint density at radius 2 is 1.45 bits per heavy atom. The van der Waals surface area contributed by atoms with E-state index in [2.05, 4.69) is 6.92 Å². The number of ether oxygens (including phenoxy) is 2. The lowest BCUT2D eigenvalue weighted by atomic mass is 10.1. The summed E-state index contributed by atoms with van der Waals surface area (Å²) in [4.78, 5) is 11.7. The molecular weight excluding hydrogens is 252 g/mol. The maximum Gasteiger partial charge on any atom is 0.334 e. The largest absolute Gasteiger partial charge is 0.464 e. The summed E-state index contributed by atoms with van der Waals surface area (Å²) in [6.07, 6.45) is 9.51. The first-order valence-electron chi connectivity index (χ1n) is 8.21. The van der Waals surface area contributed by atoms with Gasteiger partial charge in [-0.1, -0.05) is 51.9 Å². The standard InChI is InChI=1S/C17H34O3/c1-6-7-8-9-10-11-12-13-14-19-16(18)15(2)20-17(3,4)5/h15H,6-14H2,1-5H3. The third-order valence-corrected chi connectivity index (χ3v) is 3.10. The number of esters is 1. The van der Waals surface area contributed by atoms with Crippen molar-refractivity contribution in [1.82, 2.24) is 0 Å². The fourth-order valence-electron chi connectivity index (χ4n) is 2.10. The van der Waals surface area contributed by atoms with E-state index in [1.807, 2.05) is 20.8 Å². The van der Waals surface area contributed by atoms with Gasteiger partial charge in [-0.2, -0.15) is 0 Å². The van der Waals surface area contributed by atoms with Crippen molar-refractivity contribution < 1.29 is 14.3 Å². The first-order valence-corrected chi connectivity index (χ1v) is 8.21. The summed E-state index contributed by atoms with van der Waals surface area (Å²) in [5.74, 6) is -0.247. The molecule has 0 amide bonds. The van der Waals surface area contributed by atoms with Gasteiger partial charge in [-0.15, -0.1) is 0 Å². The summed E-state index contributed by atoms with van der Waals surface area (Å²) in [5, 5.41) is 0. The second-order valence-corrected chi connectivity index (χ2v) is 6.51. The molecule has 0 fully saturated rings. The van der Waals surface area contributed by atoms with Crippen molar-refractivity contribution in [3.8, 4) is 0 Å². The van der Waals surface area contributed by atoms with Crippen LogP contribution in [0, 0.1) is 0 Å². The minimum Gasteiger partial charge on any atom is -0.464 e. The number of carbonyl (C=O) groups excluding carboxylic acids is 1. The van der Waals surface area contributed by atoms with Crippen LogP contribution in [0.3, 0.4) is 0 Å². The molecule has 0 radical (unpaired) electrons. The molecule has 20 heavy (non-hydrogen) atoms. The highest BCUT2D eigenvalue weighted by Gasteiger charge is 2.21. The van der Waals surface area contributed by atoms with Crippen LogP contribution in [0.4, 0.5) is 0 Å². The van der Waals surface area contributed by atoms with Crippen molar-refractivity contribution in [3.63, 3.8) is 0 Å². The van der Waals surface area contributed by atoms with E-state index in [4.69, 9.17) is 9.47 Å². The summed E-state index contributed by atoms with van der Waals surface area (Å²) in [7, 11) is 0. The third kappa shape index (κ3) is 12.5. The zero-order chi connectivity index (χ0) is 15.4. The van der Waals surface area contributed by atoms with Gasteiger partial charge in [-0.05, 0) is 34.1 Å². The Hall–Kier alpha value is -0.570. The van der Waals surface area contributed by atoms with Gasteiger partial charge in [0.2, 0.25) is 0 Å². The Kier molecular flexibility index (Phi) is 10.8. The predicted octanol–water partition coefficient (Wildman–Crippen LogP) is 4.87. The first kappa shape index (κ1) is 19.4. The van der Waals surface area contributed by atoms with Crippen LogP contribution in [-0.2, 0) is 14.3 Å². The average molecular weight is 286 g/mol. The second kappa shape index (κ2) is 11.1. The molecule has 3 nitrogen and oxygen atoms in total. The molecule has 0 aliphatic carbocycles. The van der Waals surface area contributed by atoms with E-state index < -0.39 is 6.10 Å². The Labute approximate surface area is 125 Å². The summed E-state index contributed by atoms with van der Waals surface area (Å²) in [5.41, 5.74) is -0.309. The molecule has 0 spiro atoms. The monoisotopic (exact) mass is 286 g/mol. The van der Waals surface area contributed by atoms with E-state index in [1.54, 1.807) is 6.92 Å². The van der Waals surface area contributed by atoms with Crippen LogP contribution in [0.15, 0.2) is 0 Å². The zero-order valence-electron chi connectivity index (χ0n) is 14.2. The molecule has 0 aliphatic rings. The lowest BCUT2D eigenvalue weighted by Gasteiger charge is -2.23. The number of hydrogen-bond acceptors (Lipinski definition) is 3. The normalized spacial score (nSPS) is 13.2. The second-order valence-electron chi connectivity index (χ2n) is 6.51. The average Bonchev–Trinajstić information content (AvgIpc) is 2.34. The predicted molar refractivity (Wildman–Crippen MR) is 83.9 cm³/mol. The van der Waals surface area contributed by atoms with Crippen molar-refractivity contribution in [1.29, 1.82) is 0 Å². The lowest BCUT2D eigenvalue weighted by Crippen LogP contribution is -2.32. The Morgan fingerprint density at radius 3 is 1.95 bits per heavy atom. The van der Waals surface area contributed by atoms with Crippen molar-refractivity contribution in [2.24, 2.45) is 0 Å². The molecular formula is C17H34O3. The lowest BCUT2D eigenvalue weighted by molar-refractivity contribution is -0.164. The molecule has 0 aromatic carbocycles. The topological polar surface area (TPSA) is 35.5 Å². The smallest absolute Gasteiger partial charge is 0.334 e. The highest BCUT2D eigenvalue weighted by Crippen LogP contribution is 2.12. The van der Waals surface area contributed by atoms with Gasteiger partial charge in [0, 0.05) is 0 Å². The van der Waals surface area contributed by atoms with E-state index in [9.17, 15) is 4.79 Å². The minimum atomic E-state index is -0.482. The quantitative estimate of drug-likeness (QED) is 0.401. The SMILES string of the molecule is CCCCCCCCCCOC(=O)C(C)OC(C)(C)C. The van der Waals surface area contributed by atoms with Crippen LogP contribution < -0.4 is 0 Å². The van der Waals surface area contributed by atoms with Gasteiger partial charge in [0.25, 0.3) is 0 Å². The van der Waals surface area contributed by atoms with Crippen LogP contribution in [0.5, 0.6) is 0 Å². The number of carbonyl (C=O) groups is 1. The summed E-state index contributed by atoms with van der Waals surface area (Å²) in [6.45, 7) is 10.3. The fraction of sp³-hybridized carbons (Fsp3) is 0.941. The molecule has 1 unspecified atom stereocenters. The van der Waals surface area contributed by atoms with Crippen LogP contribution in [-0.4, -0.2) is 24.3 Å². The minimum absolute atomic E-state index is 0.247. The maximum atomic E-state index is 11.7. The Balaban J connectivity index is 3.44. The van der Waals surface area contributed by atoms with Gasteiger partial charge in [0.1, 0.15) is 0 Å². The number of unbranched alkanes of at least 4 members (excludes halogenated alkanes) is 7. The summed E-state index contributed by atoms with van der Waals surface area (Å²) in [6, 6.07) is 0. The number of rotatable bonds is 11. The highest BCUT2D eigenvalue weighted by molar-refractivity contribution is 5.74. The Morgan fingerprint density at radius 1 is 0.950 bits per heavy atom. The van der Waals surface area contributed by atoms with Gasteiger partial charge in [0.15, 0.2) is 6.10 Å². The van der Waals surface area contributed by atoms with Crippen LogP contribution >= 0.6 is 0 Å². The molecule has 120 valence electrons. The van der Waals surface area contributed by atoms with E-state index >= 15 is 0 Å². The van der Waals surface area contributed by atoms with Crippen molar-refractivity contribution >= 4 is 5.97 Å². The third-order valence-electron chi connectivity index (χ3n) is 3.10. The van der Waals surface area contributed by atoms with E-state index in [1.165, 1.54) is 38.5 Å². The molecule has 0 rings (SSSR count). The fourth-order valence-corrected chi connectivity index (χ4v) is 2.10. The van der Waals surface area contributed by atoms with Gasteiger partial charge in [-0.25, -0.2) is 4.79 Å². The molecule has 0 saturated carbocycles. The molecule has 0 aromatic rings. The van der Waals surface area contributed by atoms with E-state index in [0.29, 0.717) is 6.61 Å². The number of hydrogen-bond donors (Lipinski definition) is 0.